The number of carbonyl (C=O) groups excluding carboxylic acids is 3. The average Bonchev–Trinajstić information content (AvgIpc) is 3.32. The van der Waals surface area contributed by atoms with Crippen LogP contribution in [0.15, 0.2) is 71.9 Å². The maximum Gasteiger partial charge on any atom is 0.262 e. The summed E-state index contributed by atoms with van der Waals surface area (Å²) in [5.41, 5.74) is 0. The van der Waals surface area contributed by atoms with Crippen molar-refractivity contribution in [3.05, 3.63) is 71.8 Å². The number of thiophene rings is 1. The van der Waals surface area contributed by atoms with Gasteiger partial charge in [0.15, 0.2) is 10.8 Å². The van der Waals surface area contributed by atoms with E-state index in [2.05, 4.69) is 15.6 Å². The SMILES string of the molecule is CC(C)C[C@H](NC(=O)c1cc2ccccc2s1)C(=O)NC1/C=C\CCN(S(=O)(=O)c2ccccn2)CC1=O. The number of nitrogens with zero attached hydrogens (tertiary/aromatic N) is 2. The normalized spacial score (nSPS) is 18.5. The first-order chi connectivity index (χ1) is 18.1. The predicted molar refractivity (Wildman–Crippen MR) is 146 cm³/mol. The van der Waals surface area contributed by atoms with E-state index in [1.807, 2.05) is 38.1 Å². The second kappa shape index (κ2) is 12.0. The summed E-state index contributed by atoms with van der Waals surface area (Å²) in [6.45, 7) is 3.58. The zero-order valence-corrected chi connectivity index (χ0v) is 22.8. The molecule has 2 aromatic heterocycles. The lowest BCUT2D eigenvalue weighted by molar-refractivity contribution is -0.128. The first-order valence-electron chi connectivity index (χ1n) is 12.4. The summed E-state index contributed by atoms with van der Waals surface area (Å²) >= 11 is 1.34. The second-order valence-corrected chi connectivity index (χ2v) is 12.4. The van der Waals surface area contributed by atoms with Gasteiger partial charge in [-0.05, 0) is 48.4 Å². The smallest absolute Gasteiger partial charge is 0.262 e. The summed E-state index contributed by atoms with van der Waals surface area (Å²) in [5.74, 6) is -1.25. The van der Waals surface area contributed by atoms with Crippen LogP contribution in [0.4, 0.5) is 0 Å². The first kappa shape index (κ1) is 27.6. The summed E-state index contributed by atoms with van der Waals surface area (Å²) in [6, 6.07) is 12.1. The van der Waals surface area contributed by atoms with E-state index < -0.39 is 40.3 Å². The molecule has 3 aromatic rings. The Kier molecular flexibility index (Phi) is 8.70. The number of amides is 2. The molecule has 11 heteroatoms. The lowest BCUT2D eigenvalue weighted by Crippen LogP contribution is -2.53. The standard InChI is InChI=1S/C27H30N4O5S2/c1-18(2)15-21(30-27(34)24-16-19-9-3-4-11-23(19)37-24)26(33)29-20-10-6-8-14-31(17-22(20)32)38(35,36)25-12-5-7-13-28-25/h3-7,9-13,16,18,20-21H,8,14-15,17H2,1-2H3,(H,29,33)(H,30,34)/b10-6-/t20?,21-/m0/s1. The molecule has 2 N–H and O–H groups in total. The van der Waals surface area contributed by atoms with Crippen LogP contribution in [0.1, 0.15) is 36.4 Å². The quantitative estimate of drug-likeness (QED) is 0.412. The fraction of sp³-hybridized carbons (Fsp3) is 0.333. The van der Waals surface area contributed by atoms with Gasteiger partial charge in [0.2, 0.25) is 5.91 Å². The number of nitrogens with one attached hydrogen (secondary N) is 2. The number of fused-ring (bicyclic) bond motifs is 1. The molecule has 3 heterocycles. The van der Waals surface area contributed by atoms with Crippen molar-refractivity contribution in [2.24, 2.45) is 5.92 Å². The maximum absolute atomic E-state index is 13.3. The molecule has 0 bridgehead atoms. The number of aromatic nitrogens is 1. The monoisotopic (exact) mass is 554 g/mol. The molecule has 0 radical (unpaired) electrons. The fourth-order valence-electron chi connectivity index (χ4n) is 4.16. The lowest BCUT2D eigenvalue weighted by Gasteiger charge is -2.26. The van der Waals surface area contributed by atoms with Gasteiger partial charge in [-0.3, -0.25) is 14.4 Å². The number of Topliss-reactive ketones (excluding diaryl/α,β-unsaturated/α-hetero) is 1. The molecule has 0 fully saturated rings. The molecule has 0 saturated heterocycles. The first-order valence-corrected chi connectivity index (χ1v) is 14.6. The van der Waals surface area contributed by atoms with Crippen molar-refractivity contribution in [3.8, 4) is 0 Å². The highest BCUT2D eigenvalue weighted by molar-refractivity contribution is 7.89. The van der Waals surface area contributed by atoms with Gasteiger partial charge in [-0.15, -0.1) is 11.3 Å². The van der Waals surface area contributed by atoms with Gasteiger partial charge in [0.05, 0.1) is 11.4 Å². The molecule has 0 aliphatic carbocycles. The second-order valence-electron chi connectivity index (χ2n) is 9.48. The van der Waals surface area contributed by atoms with Crippen LogP contribution in [0.3, 0.4) is 0 Å². The van der Waals surface area contributed by atoms with Gasteiger partial charge in [0.25, 0.3) is 15.9 Å². The van der Waals surface area contributed by atoms with Crippen molar-refractivity contribution < 1.29 is 22.8 Å². The lowest BCUT2D eigenvalue weighted by atomic mass is 10.0. The molecule has 4 rings (SSSR count). The van der Waals surface area contributed by atoms with Crippen molar-refractivity contribution in [3.63, 3.8) is 0 Å². The fourth-order valence-corrected chi connectivity index (χ4v) is 6.47. The topological polar surface area (TPSA) is 126 Å². The van der Waals surface area contributed by atoms with Gasteiger partial charge < -0.3 is 10.6 Å². The summed E-state index contributed by atoms with van der Waals surface area (Å²) in [4.78, 5) is 43.8. The molecular formula is C27H30N4O5S2. The summed E-state index contributed by atoms with van der Waals surface area (Å²) in [6.07, 6.45) is 5.36. The minimum atomic E-state index is -3.98. The highest BCUT2D eigenvalue weighted by atomic mass is 32.2. The van der Waals surface area contributed by atoms with Crippen molar-refractivity contribution in [2.45, 2.75) is 43.8 Å². The zero-order valence-electron chi connectivity index (χ0n) is 21.2. The highest BCUT2D eigenvalue weighted by Crippen LogP contribution is 2.25. The van der Waals surface area contributed by atoms with Crippen molar-refractivity contribution in [1.82, 2.24) is 19.9 Å². The van der Waals surface area contributed by atoms with Crippen LogP contribution in [0.25, 0.3) is 10.1 Å². The van der Waals surface area contributed by atoms with E-state index in [4.69, 9.17) is 0 Å². The largest absolute Gasteiger partial charge is 0.341 e. The van der Waals surface area contributed by atoms with E-state index in [0.29, 0.717) is 17.7 Å². The van der Waals surface area contributed by atoms with Crippen LogP contribution < -0.4 is 10.6 Å². The Bertz CT molecular complexity index is 1420. The third-order valence-corrected chi connectivity index (χ3v) is 8.95. The third kappa shape index (κ3) is 6.53. The van der Waals surface area contributed by atoms with E-state index in [9.17, 15) is 22.8 Å². The van der Waals surface area contributed by atoms with Crippen LogP contribution in [0.2, 0.25) is 0 Å². The Morgan fingerprint density at radius 3 is 2.63 bits per heavy atom. The van der Waals surface area contributed by atoms with Gasteiger partial charge in [-0.25, -0.2) is 13.4 Å². The van der Waals surface area contributed by atoms with E-state index >= 15 is 0 Å². The number of pyridine rings is 1. The number of carbonyl (C=O) groups is 3. The third-order valence-electron chi connectivity index (χ3n) is 6.07. The molecule has 1 aliphatic heterocycles. The van der Waals surface area contributed by atoms with Gasteiger partial charge in [0, 0.05) is 17.4 Å². The Balaban J connectivity index is 1.47. The van der Waals surface area contributed by atoms with E-state index in [1.165, 1.54) is 23.6 Å². The van der Waals surface area contributed by atoms with E-state index in [0.717, 1.165) is 14.4 Å². The van der Waals surface area contributed by atoms with E-state index in [-0.39, 0.29) is 23.4 Å². The molecule has 1 unspecified atom stereocenters. The van der Waals surface area contributed by atoms with Crippen LogP contribution in [-0.4, -0.2) is 60.5 Å². The van der Waals surface area contributed by atoms with Crippen LogP contribution in [0.5, 0.6) is 0 Å². The number of ketones is 1. The van der Waals surface area contributed by atoms with Gasteiger partial charge >= 0.3 is 0 Å². The number of sulfonamides is 1. The maximum atomic E-state index is 13.3. The average molecular weight is 555 g/mol. The zero-order chi connectivity index (χ0) is 27.3. The molecule has 200 valence electrons. The Labute approximate surface area is 226 Å². The number of benzene rings is 1. The molecule has 1 aliphatic rings. The van der Waals surface area contributed by atoms with Crippen molar-refractivity contribution in [2.75, 3.05) is 13.1 Å². The van der Waals surface area contributed by atoms with Gasteiger partial charge in [-0.2, -0.15) is 4.31 Å². The molecule has 0 saturated carbocycles. The Morgan fingerprint density at radius 1 is 1.16 bits per heavy atom. The number of hydrogen-bond acceptors (Lipinski definition) is 7. The highest BCUT2D eigenvalue weighted by Gasteiger charge is 2.32. The molecule has 1 aromatic carbocycles. The molecule has 0 spiro atoms. The minimum Gasteiger partial charge on any atom is -0.341 e. The number of rotatable bonds is 8. The van der Waals surface area contributed by atoms with Crippen molar-refractivity contribution in [1.29, 1.82) is 0 Å². The Morgan fingerprint density at radius 2 is 1.92 bits per heavy atom. The summed E-state index contributed by atoms with van der Waals surface area (Å²) in [5, 5.41) is 6.34. The van der Waals surface area contributed by atoms with Gasteiger partial charge in [0.1, 0.15) is 12.1 Å². The van der Waals surface area contributed by atoms with Crippen molar-refractivity contribution >= 4 is 49.0 Å². The molecule has 9 nitrogen and oxygen atoms in total. The number of hydrogen-bond donors (Lipinski definition) is 2. The molecule has 2 amide bonds. The summed E-state index contributed by atoms with van der Waals surface area (Å²) in [7, 11) is -3.98. The van der Waals surface area contributed by atoms with E-state index in [1.54, 1.807) is 30.4 Å². The summed E-state index contributed by atoms with van der Waals surface area (Å²) < 4.78 is 28.1. The van der Waals surface area contributed by atoms with Crippen LogP contribution in [-0.2, 0) is 19.6 Å². The minimum absolute atomic E-state index is 0.0936. The predicted octanol–water partition coefficient (Wildman–Crippen LogP) is 3.15. The molecule has 38 heavy (non-hydrogen) atoms. The van der Waals surface area contributed by atoms with Crippen LogP contribution in [0, 0.1) is 5.92 Å². The molecule has 2 atom stereocenters. The molecular weight excluding hydrogens is 524 g/mol. The van der Waals surface area contributed by atoms with Gasteiger partial charge in [-0.1, -0.05) is 50.3 Å². The van der Waals surface area contributed by atoms with Crippen LogP contribution >= 0.6 is 11.3 Å². The Hall–Kier alpha value is -3.41.